The van der Waals surface area contributed by atoms with Gasteiger partial charge in [0.25, 0.3) is 0 Å². The van der Waals surface area contributed by atoms with Crippen LogP contribution in [0.5, 0.6) is 5.75 Å². The number of hydrogen-bond acceptors (Lipinski definition) is 3. The van der Waals surface area contributed by atoms with Gasteiger partial charge in [-0.2, -0.15) is 0 Å². The largest absolute Gasteiger partial charge is 0.497 e. The molecule has 0 amide bonds. The van der Waals surface area contributed by atoms with E-state index in [0.29, 0.717) is 16.9 Å². The summed E-state index contributed by atoms with van der Waals surface area (Å²) in [5.41, 5.74) is 0.644. The van der Waals surface area contributed by atoms with Gasteiger partial charge in [0, 0.05) is 17.8 Å². The zero-order chi connectivity index (χ0) is 13.1. The summed E-state index contributed by atoms with van der Waals surface area (Å²) in [7, 11) is 1.45. The lowest BCUT2D eigenvalue weighted by atomic mass is 10.1. The molecule has 0 unspecified atom stereocenters. The van der Waals surface area contributed by atoms with Gasteiger partial charge in [0.1, 0.15) is 17.3 Å². The number of carbonyl (C=O) groups is 1. The van der Waals surface area contributed by atoms with Crippen LogP contribution in [-0.4, -0.2) is 23.2 Å². The van der Waals surface area contributed by atoms with E-state index in [-0.39, 0.29) is 5.69 Å². The van der Waals surface area contributed by atoms with E-state index >= 15 is 0 Å². The van der Waals surface area contributed by atoms with E-state index in [1.54, 1.807) is 12.1 Å². The van der Waals surface area contributed by atoms with Crippen molar-refractivity contribution in [3.05, 3.63) is 48.0 Å². The fourth-order valence-electron chi connectivity index (χ4n) is 1.57. The number of aromatic carboxylic acids is 1. The lowest BCUT2D eigenvalue weighted by Crippen LogP contribution is -2.00. The average Bonchev–Trinajstić information content (AvgIpc) is 2.38. The van der Waals surface area contributed by atoms with Crippen LogP contribution >= 0.6 is 0 Å². The summed E-state index contributed by atoms with van der Waals surface area (Å²) in [6.45, 7) is 0. The van der Waals surface area contributed by atoms with Crippen LogP contribution in [0.15, 0.2) is 36.5 Å². The first-order chi connectivity index (χ1) is 8.61. The van der Waals surface area contributed by atoms with Crippen LogP contribution in [0.2, 0.25) is 0 Å². The number of rotatable bonds is 3. The molecule has 1 N–H and O–H groups in total. The molecule has 0 fully saturated rings. The maximum absolute atomic E-state index is 13.8. The van der Waals surface area contributed by atoms with E-state index in [2.05, 4.69) is 4.98 Å². The Morgan fingerprint density at radius 2 is 2.11 bits per heavy atom. The van der Waals surface area contributed by atoms with Crippen molar-refractivity contribution < 1.29 is 19.0 Å². The quantitative estimate of drug-likeness (QED) is 0.905. The van der Waals surface area contributed by atoms with Crippen molar-refractivity contribution in [3.8, 4) is 16.9 Å². The third kappa shape index (κ3) is 2.29. The third-order valence-corrected chi connectivity index (χ3v) is 2.47. The number of benzene rings is 1. The van der Waals surface area contributed by atoms with E-state index in [0.717, 1.165) is 0 Å². The van der Waals surface area contributed by atoms with Crippen LogP contribution in [-0.2, 0) is 0 Å². The molecule has 0 saturated carbocycles. The molecule has 2 rings (SSSR count). The second-order valence-electron chi connectivity index (χ2n) is 3.58. The Morgan fingerprint density at radius 3 is 2.72 bits per heavy atom. The fraction of sp³-hybridized carbons (Fsp3) is 0.0769. The molecule has 1 heterocycles. The molecular weight excluding hydrogens is 237 g/mol. The van der Waals surface area contributed by atoms with E-state index in [4.69, 9.17) is 9.84 Å². The Hall–Kier alpha value is -2.43. The molecule has 0 aliphatic rings. The summed E-state index contributed by atoms with van der Waals surface area (Å²) < 4.78 is 18.7. The highest BCUT2D eigenvalue weighted by molar-refractivity contribution is 5.87. The van der Waals surface area contributed by atoms with Crippen molar-refractivity contribution in [3.63, 3.8) is 0 Å². The van der Waals surface area contributed by atoms with Crippen LogP contribution in [0.1, 0.15) is 10.5 Å². The van der Waals surface area contributed by atoms with Gasteiger partial charge in [-0.1, -0.05) is 0 Å². The molecule has 0 bridgehead atoms. The van der Waals surface area contributed by atoms with Gasteiger partial charge in [0.15, 0.2) is 0 Å². The Bertz CT molecular complexity index is 599. The Balaban J connectivity index is 2.48. The number of pyridine rings is 1. The molecule has 1 aromatic carbocycles. The molecular formula is C13H10FNO3. The number of aromatic nitrogens is 1. The maximum atomic E-state index is 13.8. The SMILES string of the molecule is COc1ccc(-c2ccnc(C(=O)O)c2)c(F)c1. The lowest BCUT2D eigenvalue weighted by Gasteiger charge is -2.06. The number of nitrogens with zero attached hydrogens (tertiary/aromatic N) is 1. The molecule has 0 radical (unpaired) electrons. The molecule has 18 heavy (non-hydrogen) atoms. The van der Waals surface area contributed by atoms with Crippen molar-refractivity contribution in [2.24, 2.45) is 0 Å². The van der Waals surface area contributed by atoms with Gasteiger partial charge in [-0.05, 0) is 29.8 Å². The monoisotopic (exact) mass is 247 g/mol. The Kier molecular flexibility index (Phi) is 3.23. The molecule has 0 atom stereocenters. The van der Waals surface area contributed by atoms with Gasteiger partial charge in [-0.15, -0.1) is 0 Å². The van der Waals surface area contributed by atoms with Crippen LogP contribution in [0.25, 0.3) is 11.1 Å². The van der Waals surface area contributed by atoms with Crippen molar-refractivity contribution in [2.75, 3.05) is 7.11 Å². The molecule has 2 aromatic rings. The zero-order valence-corrected chi connectivity index (χ0v) is 9.55. The lowest BCUT2D eigenvalue weighted by molar-refractivity contribution is 0.0690. The number of ether oxygens (including phenoxy) is 1. The topological polar surface area (TPSA) is 59.4 Å². The van der Waals surface area contributed by atoms with Crippen LogP contribution < -0.4 is 4.74 Å². The molecule has 5 heteroatoms. The van der Waals surface area contributed by atoms with Crippen molar-refractivity contribution in [1.29, 1.82) is 0 Å². The highest BCUT2D eigenvalue weighted by Gasteiger charge is 2.10. The first kappa shape index (κ1) is 12.0. The van der Waals surface area contributed by atoms with Crippen LogP contribution in [0, 0.1) is 5.82 Å². The zero-order valence-electron chi connectivity index (χ0n) is 9.55. The predicted molar refractivity (Wildman–Crippen MR) is 63.1 cm³/mol. The molecule has 1 aromatic heterocycles. The van der Waals surface area contributed by atoms with Crippen molar-refractivity contribution in [2.45, 2.75) is 0 Å². The summed E-state index contributed by atoms with van der Waals surface area (Å²) in [6.07, 6.45) is 1.34. The Labute approximate surface area is 103 Å². The van der Waals surface area contributed by atoms with Gasteiger partial charge in [-0.3, -0.25) is 0 Å². The van der Waals surface area contributed by atoms with E-state index < -0.39 is 11.8 Å². The third-order valence-electron chi connectivity index (χ3n) is 2.47. The summed E-state index contributed by atoms with van der Waals surface area (Å²) in [4.78, 5) is 14.5. The van der Waals surface area contributed by atoms with Gasteiger partial charge in [0.05, 0.1) is 7.11 Å². The minimum atomic E-state index is -1.15. The van der Waals surface area contributed by atoms with E-state index in [9.17, 15) is 9.18 Å². The second kappa shape index (κ2) is 4.83. The smallest absolute Gasteiger partial charge is 0.354 e. The minimum absolute atomic E-state index is 0.122. The van der Waals surface area contributed by atoms with Crippen molar-refractivity contribution >= 4 is 5.97 Å². The number of methoxy groups -OCH3 is 1. The number of carboxylic acids is 1. The molecule has 0 saturated heterocycles. The molecule has 0 aliphatic heterocycles. The number of hydrogen-bond donors (Lipinski definition) is 1. The number of halogens is 1. The van der Waals surface area contributed by atoms with E-state index in [1.807, 2.05) is 0 Å². The standard InChI is InChI=1S/C13H10FNO3/c1-18-9-2-3-10(11(14)7-9)8-4-5-15-12(6-8)13(16)17/h2-7H,1H3,(H,16,17). The highest BCUT2D eigenvalue weighted by Crippen LogP contribution is 2.26. The van der Waals surface area contributed by atoms with Crippen molar-refractivity contribution in [1.82, 2.24) is 4.98 Å². The molecule has 0 aliphatic carbocycles. The summed E-state index contributed by atoms with van der Waals surface area (Å²) in [5.74, 6) is -1.22. The van der Waals surface area contributed by atoms with Crippen LogP contribution in [0.4, 0.5) is 4.39 Å². The molecule has 92 valence electrons. The first-order valence-corrected chi connectivity index (χ1v) is 5.15. The summed E-state index contributed by atoms with van der Waals surface area (Å²) in [6, 6.07) is 7.27. The fourth-order valence-corrected chi connectivity index (χ4v) is 1.57. The Morgan fingerprint density at radius 1 is 1.33 bits per heavy atom. The summed E-state index contributed by atoms with van der Waals surface area (Å²) >= 11 is 0. The number of carboxylic acid groups (broad SMARTS) is 1. The minimum Gasteiger partial charge on any atom is -0.497 e. The maximum Gasteiger partial charge on any atom is 0.354 e. The van der Waals surface area contributed by atoms with E-state index in [1.165, 1.54) is 31.5 Å². The normalized spacial score (nSPS) is 10.1. The van der Waals surface area contributed by atoms with Gasteiger partial charge >= 0.3 is 5.97 Å². The highest BCUT2D eigenvalue weighted by atomic mass is 19.1. The second-order valence-corrected chi connectivity index (χ2v) is 3.58. The summed E-state index contributed by atoms with van der Waals surface area (Å²) in [5, 5.41) is 8.83. The average molecular weight is 247 g/mol. The van der Waals surface area contributed by atoms with Gasteiger partial charge in [0.2, 0.25) is 0 Å². The molecule has 0 spiro atoms. The predicted octanol–water partition coefficient (Wildman–Crippen LogP) is 2.59. The van der Waals surface area contributed by atoms with Gasteiger partial charge in [-0.25, -0.2) is 14.2 Å². The molecule has 4 nitrogen and oxygen atoms in total. The first-order valence-electron chi connectivity index (χ1n) is 5.15. The van der Waals surface area contributed by atoms with Crippen LogP contribution in [0.3, 0.4) is 0 Å². The van der Waals surface area contributed by atoms with Gasteiger partial charge < -0.3 is 9.84 Å².